The molecule has 1 aliphatic heterocycles. The van der Waals surface area contributed by atoms with Crippen molar-refractivity contribution in [1.82, 2.24) is 10.1 Å². The second kappa shape index (κ2) is 6.13. The van der Waals surface area contributed by atoms with E-state index >= 15 is 0 Å². The molecule has 0 radical (unpaired) electrons. The zero-order valence-electron chi connectivity index (χ0n) is 11.1. The van der Waals surface area contributed by atoms with Crippen molar-refractivity contribution in [2.75, 3.05) is 24.6 Å². The third-order valence-corrected chi connectivity index (χ3v) is 4.24. The van der Waals surface area contributed by atoms with Gasteiger partial charge in [0, 0.05) is 37.1 Å². The summed E-state index contributed by atoms with van der Waals surface area (Å²) in [7, 11) is 0. The van der Waals surface area contributed by atoms with Crippen LogP contribution >= 0.6 is 11.8 Å². The van der Waals surface area contributed by atoms with E-state index in [2.05, 4.69) is 5.16 Å². The summed E-state index contributed by atoms with van der Waals surface area (Å²) in [5, 5.41) is 4.00. The first-order chi connectivity index (χ1) is 9.83. The van der Waals surface area contributed by atoms with E-state index in [0.29, 0.717) is 12.2 Å². The van der Waals surface area contributed by atoms with E-state index in [4.69, 9.17) is 4.52 Å². The fraction of sp³-hybridized carbons (Fsp3) is 0.333. The summed E-state index contributed by atoms with van der Waals surface area (Å²) in [6, 6.07) is 11.8. The van der Waals surface area contributed by atoms with Crippen molar-refractivity contribution < 1.29 is 9.32 Å². The molecule has 2 heterocycles. The predicted molar refractivity (Wildman–Crippen MR) is 79.0 cm³/mol. The van der Waals surface area contributed by atoms with Crippen molar-refractivity contribution in [3.63, 3.8) is 0 Å². The van der Waals surface area contributed by atoms with Gasteiger partial charge in [0.2, 0.25) is 5.76 Å². The number of amides is 1. The van der Waals surface area contributed by atoms with Crippen LogP contribution in [0.25, 0.3) is 0 Å². The van der Waals surface area contributed by atoms with Crippen LogP contribution in [0.3, 0.4) is 0 Å². The van der Waals surface area contributed by atoms with Gasteiger partial charge in [-0.3, -0.25) is 4.79 Å². The molecule has 0 spiro atoms. The summed E-state index contributed by atoms with van der Waals surface area (Å²) in [5.74, 6) is 2.30. The first kappa shape index (κ1) is 13.2. The summed E-state index contributed by atoms with van der Waals surface area (Å²) < 4.78 is 5.20. The Bertz CT molecular complexity index is 577. The summed E-state index contributed by atoms with van der Waals surface area (Å²) in [6.07, 6.45) is 0.688. The number of hydrogen-bond acceptors (Lipinski definition) is 4. The lowest BCUT2D eigenvalue weighted by Crippen LogP contribution is -2.37. The number of rotatable bonds is 3. The Kier molecular flexibility index (Phi) is 4.06. The molecule has 104 valence electrons. The van der Waals surface area contributed by atoms with Crippen molar-refractivity contribution in [2.24, 2.45) is 0 Å². The smallest absolute Gasteiger partial charge is 0.292 e. The molecular formula is C15H16N2O2S. The molecule has 5 heteroatoms. The minimum Gasteiger partial charge on any atom is -0.351 e. The minimum atomic E-state index is -0.0443. The molecule has 0 aliphatic carbocycles. The second-order valence-corrected chi connectivity index (χ2v) is 5.97. The number of aromatic nitrogens is 1. The van der Waals surface area contributed by atoms with Gasteiger partial charge in [-0.25, -0.2) is 0 Å². The molecule has 3 rings (SSSR count). The maximum atomic E-state index is 12.2. The summed E-state index contributed by atoms with van der Waals surface area (Å²) >= 11 is 1.88. The fourth-order valence-corrected chi connectivity index (χ4v) is 3.13. The lowest BCUT2D eigenvalue weighted by Gasteiger charge is -2.25. The Balaban J connectivity index is 1.68. The molecule has 0 saturated carbocycles. The number of nitrogens with zero attached hydrogens (tertiary/aromatic N) is 2. The molecule has 1 fully saturated rings. The lowest BCUT2D eigenvalue weighted by molar-refractivity contribution is 0.0730. The highest BCUT2D eigenvalue weighted by Crippen LogP contribution is 2.15. The number of hydrogen-bond donors (Lipinski definition) is 0. The third kappa shape index (κ3) is 3.04. The number of benzene rings is 1. The Labute approximate surface area is 122 Å². The average molecular weight is 288 g/mol. The molecular weight excluding hydrogens is 272 g/mol. The largest absolute Gasteiger partial charge is 0.351 e. The molecule has 0 bridgehead atoms. The van der Waals surface area contributed by atoms with Gasteiger partial charge < -0.3 is 9.42 Å². The molecule has 4 nitrogen and oxygen atoms in total. The highest BCUT2D eigenvalue weighted by molar-refractivity contribution is 7.99. The van der Waals surface area contributed by atoms with Gasteiger partial charge in [-0.05, 0) is 5.56 Å². The second-order valence-electron chi connectivity index (χ2n) is 4.75. The molecule has 20 heavy (non-hydrogen) atoms. The molecule has 0 N–H and O–H groups in total. The van der Waals surface area contributed by atoms with Crippen LogP contribution in [0.4, 0.5) is 0 Å². The van der Waals surface area contributed by atoms with Crippen LogP contribution in [0.15, 0.2) is 40.9 Å². The van der Waals surface area contributed by atoms with E-state index < -0.39 is 0 Å². The van der Waals surface area contributed by atoms with Gasteiger partial charge in [-0.2, -0.15) is 11.8 Å². The lowest BCUT2D eigenvalue weighted by atomic mass is 10.1. The Morgan fingerprint density at radius 2 is 2.00 bits per heavy atom. The quantitative estimate of drug-likeness (QED) is 0.870. The first-order valence-electron chi connectivity index (χ1n) is 6.69. The van der Waals surface area contributed by atoms with Crippen molar-refractivity contribution in [2.45, 2.75) is 6.42 Å². The van der Waals surface area contributed by atoms with Crippen LogP contribution in [-0.4, -0.2) is 40.6 Å². The van der Waals surface area contributed by atoms with E-state index in [-0.39, 0.29) is 5.91 Å². The number of carbonyl (C=O) groups is 1. The van der Waals surface area contributed by atoms with E-state index in [0.717, 1.165) is 35.9 Å². The summed E-state index contributed by atoms with van der Waals surface area (Å²) in [5.41, 5.74) is 1.96. The Morgan fingerprint density at radius 1 is 1.25 bits per heavy atom. The number of carbonyl (C=O) groups excluding carboxylic acids is 1. The van der Waals surface area contributed by atoms with Gasteiger partial charge in [-0.1, -0.05) is 35.5 Å². The van der Waals surface area contributed by atoms with Gasteiger partial charge in [0.15, 0.2) is 0 Å². The maximum absolute atomic E-state index is 12.2. The van der Waals surface area contributed by atoms with Crippen LogP contribution in [0.5, 0.6) is 0 Å². The van der Waals surface area contributed by atoms with Crippen molar-refractivity contribution in [1.29, 1.82) is 0 Å². The van der Waals surface area contributed by atoms with Gasteiger partial charge in [0.25, 0.3) is 5.91 Å². The van der Waals surface area contributed by atoms with Crippen LogP contribution in [0.1, 0.15) is 21.8 Å². The fourth-order valence-electron chi connectivity index (χ4n) is 2.22. The van der Waals surface area contributed by atoms with Crippen molar-refractivity contribution in [3.8, 4) is 0 Å². The molecule has 1 saturated heterocycles. The topological polar surface area (TPSA) is 46.3 Å². The van der Waals surface area contributed by atoms with Gasteiger partial charge in [0.05, 0.1) is 5.69 Å². The van der Waals surface area contributed by atoms with Gasteiger partial charge in [-0.15, -0.1) is 0 Å². The molecule has 0 atom stereocenters. The predicted octanol–water partition coefficient (Wildman–Crippen LogP) is 2.45. The Morgan fingerprint density at radius 3 is 2.75 bits per heavy atom. The molecule has 2 aromatic rings. The SMILES string of the molecule is O=C(c1cc(Cc2ccccc2)no1)N1CCSCC1. The molecule has 1 aromatic heterocycles. The monoisotopic (exact) mass is 288 g/mol. The molecule has 1 amide bonds. The van der Waals surface area contributed by atoms with Crippen LogP contribution in [-0.2, 0) is 6.42 Å². The number of thioether (sulfide) groups is 1. The maximum Gasteiger partial charge on any atom is 0.292 e. The van der Waals surface area contributed by atoms with E-state index in [9.17, 15) is 4.79 Å². The molecule has 1 aromatic carbocycles. The zero-order chi connectivity index (χ0) is 13.8. The standard InChI is InChI=1S/C15H16N2O2S/c18-15(17-6-8-20-9-7-17)14-11-13(16-19-14)10-12-4-2-1-3-5-12/h1-5,11H,6-10H2. The highest BCUT2D eigenvalue weighted by atomic mass is 32.2. The van der Waals surface area contributed by atoms with Crippen LogP contribution < -0.4 is 0 Å². The Hall–Kier alpha value is -1.75. The normalized spacial score (nSPS) is 15.3. The van der Waals surface area contributed by atoms with E-state index in [1.165, 1.54) is 0 Å². The van der Waals surface area contributed by atoms with E-state index in [1.807, 2.05) is 47.0 Å². The summed E-state index contributed by atoms with van der Waals surface area (Å²) in [6.45, 7) is 1.58. The molecule has 0 unspecified atom stereocenters. The molecule has 1 aliphatic rings. The van der Waals surface area contributed by atoms with Crippen LogP contribution in [0.2, 0.25) is 0 Å². The first-order valence-corrected chi connectivity index (χ1v) is 7.85. The third-order valence-electron chi connectivity index (χ3n) is 3.30. The van der Waals surface area contributed by atoms with Crippen LogP contribution in [0, 0.1) is 0 Å². The minimum absolute atomic E-state index is 0.0443. The summed E-state index contributed by atoms with van der Waals surface area (Å²) in [4.78, 5) is 14.1. The van der Waals surface area contributed by atoms with E-state index in [1.54, 1.807) is 6.07 Å². The van der Waals surface area contributed by atoms with Crippen molar-refractivity contribution in [3.05, 3.63) is 53.4 Å². The van der Waals surface area contributed by atoms with Gasteiger partial charge >= 0.3 is 0 Å². The zero-order valence-corrected chi connectivity index (χ0v) is 11.9. The highest BCUT2D eigenvalue weighted by Gasteiger charge is 2.22. The average Bonchev–Trinajstić information content (AvgIpc) is 2.97. The van der Waals surface area contributed by atoms with Crippen molar-refractivity contribution >= 4 is 17.7 Å². The van der Waals surface area contributed by atoms with Gasteiger partial charge in [0.1, 0.15) is 0 Å².